The highest BCUT2D eigenvalue weighted by atomic mass is 16.5. The third-order valence-electron chi connectivity index (χ3n) is 6.98. The average Bonchev–Trinajstić information content (AvgIpc) is 3.43. The van der Waals surface area contributed by atoms with E-state index in [0.29, 0.717) is 19.4 Å². The second kappa shape index (κ2) is 10.5. The number of carboxylic acids is 1. The van der Waals surface area contributed by atoms with E-state index >= 15 is 0 Å². The minimum Gasteiger partial charge on any atom is -0.480 e. The van der Waals surface area contributed by atoms with Crippen molar-refractivity contribution in [3.05, 3.63) is 59.7 Å². The van der Waals surface area contributed by atoms with Crippen LogP contribution in [0.5, 0.6) is 0 Å². The van der Waals surface area contributed by atoms with Crippen LogP contribution in [0.4, 0.5) is 4.79 Å². The van der Waals surface area contributed by atoms with E-state index < -0.39 is 24.1 Å². The Bertz CT molecular complexity index is 1050. The lowest BCUT2D eigenvalue weighted by Gasteiger charge is -2.34. The van der Waals surface area contributed by atoms with Crippen LogP contribution in [0, 0.1) is 0 Å². The van der Waals surface area contributed by atoms with Crippen LogP contribution in [0.1, 0.15) is 42.7 Å². The Kier molecular flexibility index (Phi) is 7.40. The van der Waals surface area contributed by atoms with Gasteiger partial charge in [-0.3, -0.25) is 9.59 Å². The van der Waals surface area contributed by atoms with Crippen molar-refractivity contribution in [2.24, 2.45) is 0 Å². The van der Waals surface area contributed by atoms with Gasteiger partial charge in [-0.2, -0.15) is 0 Å². The molecule has 2 aliphatic rings. The van der Waals surface area contributed by atoms with Crippen molar-refractivity contribution < 1.29 is 24.2 Å². The highest BCUT2D eigenvalue weighted by Crippen LogP contribution is 2.44. The van der Waals surface area contributed by atoms with Gasteiger partial charge in [-0.15, -0.1) is 0 Å². The van der Waals surface area contributed by atoms with Crippen LogP contribution in [-0.4, -0.2) is 78.8 Å². The van der Waals surface area contributed by atoms with Gasteiger partial charge in [0.05, 0.1) is 0 Å². The molecule has 0 saturated heterocycles. The molecule has 0 aliphatic heterocycles. The fourth-order valence-corrected chi connectivity index (χ4v) is 5.24. The molecule has 2 aliphatic carbocycles. The first-order valence-corrected chi connectivity index (χ1v) is 12.1. The highest BCUT2D eigenvalue weighted by molar-refractivity contribution is 5.92. The molecular formula is C27H33N3O5. The van der Waals surface area contributed by atoms with E-state index in [1.165, 1.54) is 4.90 Å². The average molecular weight is 480 g/mol. The SMILES string of the molecule is CN(C)CCN(CC(=O)O)C(=O)C1(NC(=O)OCC2c3ccccc3-c3ccccc32)CCCC1. The number of amides is 2. The molecule has 2 amide bonds. The van der Waals surface area contributed by atoms with Crippen LogP contribution in [0.25, 0.3) is 11.1 Å². The zero-order valence-electron chi connectivity index (χ0n) is 20.3. The van der Waals surface area contributed by atoms with Gasteiger partial charge in [0.15, 0.2) is 0 Å². The van der Waals surface area contributed by atoms with Crippen molar-refractivity contribution in [1.82, 2.24) is 15.1 Å². The van der Waals surface area contributed by atoms with E-state index in [1.54, 1.807) is 0 Å². The van der Waals surface area contributed by atoms with Crippen molar-refractivity contribution in [2.75, 3.05) is 40.3 Å². The van der Waals surface area contributed by atoms with Crippen LogP contribution >= 0.6 is 0 Å². The lowest BCUT2D eigenvalue weighted by Crippen LogP contribution is -2.59. The molecule has 2 aromatic carbocycles. The van der Waals surface area contributed by atoms with Gasteiger partial charge in [0.2, 0.25) is 5.91 Å². The quantitative estimate of drug-likeness (QED) is 0.573. The summed E-state index contributed by atoms with van der Waals surface area (Å²) in [4.78, 5) is 41.1. The van der Waals surface area contributed by atoms with E-state index in [-0.39, 0.29) is 25.0 Å². The number of carboxylic acid groups (broad SMARTS) is 1. The summed E-state index contributed by atoms with van der Waals surface area (Å²) < 4.78 is 5.69. The molecule has 1 saturated carbocycles. The first kappa shape index (κ1) is 24.7. The molecule has 2 aromatic rings. The molecule has 8 nitrogen and oxygen atoms in total. The largest absolute Gasteiger partial charge is 0.480 e. The summed E-state index contributed by atoms with van der Waals surface area (Å²) >= 11 is 0. The predicted molar refractivity (Wildman–Crippen MR) is 132 cm³/mol. The second-order valence-corrected chi connectivity index (χ2v) is 9.66. The molecule has 8 heteroatoms. The third kappa shape index (κ3) is 5.32. The zero-order valence-corrected chi connectivity index (χ0v) is 20.3. The van der Waals surface area contributed by atoms with Gasteiger partial charge in [0, 0.05) is 19.0 Å². The number of ether oxygens (including phenoxy) is 1. The first-order chi connectivity index (χ1) is 16.8. The van der Waals surface area contributed by atoms with E-state index in [9.17, 15) is 19.5 Å². The summed E-state index contributed by atoms with van der Waals surface area (Å²) in [5, 5.41) is 12.2. The number of nitrogens with zero attached hydrogens (tertiary/aromatic N) is 2. The Hall–Kier alpha value is -3.39. The topological polar surface area (TPSA) is 99.2 Å². The Labute approximate surface area is 205 Å². The van der Waals surface area contributed by atoms with E-state index in [4.69, 9.17) is 4.74 Å². The third-order valence-corrected chi connectivity index (χ3v) is 6.98. The molecule has 4 rings (SSSR count). The van der Waals surface area contributed by atoms with Gasteiger partial charge < -0.3 is 25.0 Å². The molecule has 0 unspecified atom stereocenters. The van der Waals surface area contributed by atoms with Crippen molar-refractivity contribution in [3.63, 3.8) is 0 Å². The number of likely N-dealkylation sites (N-methyl/N-ethyl adjacent to an activating group) is 1. The molecule has 2 N–H and O–H groups in total. The molecule has 0 spiro atoms. The summed E-state index contributed by atoms with van der Waals surface area (Å²) in [6.07, 6.45) is 1.85. The van der Waals surface area contributed by atoms with Gasteiger partial charge in [-0.05, 0) is 49.2 Å². The van der Waals surface area contributed by atoms with Crippen molar-refractivity contribution >= 4 is 18.0 Å². The number of hydrogen-bond acceptors (Lipinski definition) is 5. The molecule has 35 heavy (non-hydrogen) atoms. The first-order valence-electron chi connectivity index (χ1n) is 12.1. The molecule has 0 aromatic heterocycles. The van der Waals surface area contributed by atoms with Gasteiger partial charge in [-0.25, -0.2) is 4.79 Å². The van der Waals surface area contributed by atoms with Crippen LogP contribution < -0.4 is 5.32 Å². The number of carbonyl (C=O) groups excluding carboxylic acids is 2. The maximum atomic E-state index is 13.5. The summed E-state index contributed by atoms with van der Waals surface area (Å²) in [5.41, 5.74) is 3.38. The van der Waals surface area contributed by atoms with Gasteiger partial charge >= 0.3 is 12.1 Å². The van der Waals surface area contributed by atoms with Crippen molar-refractivity contribution in [1.29, 1.82) is 0 Å². The summed E-state index contributed by atoms with van der Waals surface area (Å²) in [6, 6.07) is 16.2. The summed E-state index contributed by atoms with van der Waals surface area (Å²) in [7, 11) is 3.73. The van der Waals surface area contributed by atoms with E-state index in [0.717, 1.165) is 35.1 Å². The fourth-order valence-electron chi connectivity index (χ4n) is 5.24. The summed E-state index contributed by atoms with van der Waals surface area (Å²) in [6.45, 7) is 0.552. The standard InChI is InChI=1S/C27H33N3O5/c1-29(2)15-16-30(17-24(31)32)25(33)27(13-7-8-14-27)28-26(34)35-18-23-21-11-5-3-9-19(21)20-10-4-6-12-22(20)23/h3-6,9-12,23H,7-8,13-18H2,1-2H3,(H,28,34)(H,31,32). The number of rotatable bonds is 9. The molecule has 0 radical (unpaired) electrons. The second-order valence-electron chi connectivity index (χ2n) is 9.66. The van der Waals surface area contributed by atoms with Crippen molar-refractivity contribution in [3.8, 4) is 11.1 Å². The maximum absolute atomic E-state index is 13.5. The Balaban J connectivity index is 1.47. The van der Waals surface area contributed by atoms with Crippen molar-refractivity contribution in [2.45, 2.75) is 37.1 Å². The number of hydrogen-bond donors (Lipinski definition) is 2. The van der Waals surface area contributed by atoms with Crippen LogP contribution in [0.2, 0.25) is 0 Å². The fraction of sp³-hybridized carbons (Fsp3) is 0.444. The minimum atomic E-state index is -1.13. The molecular weight excluding hydrogens is 446 g/mol. The number of alkyl carbamates (subject to hydrolysis) is 1. The lowest BCUT2D eigenvalue weighted by molar-refractivity contribution is -0.147. The summed E-state index contributed by atoms with van der Waals surface area (Å²) in [5.74, 6) is -1.51. The number of carbonyl (C=O) groups is 3. The van der Waals surface area contributed by atoms with Gasteiger partial charge in [0.25, 0.3) is 0 Å². The number of nitrogens with one attached hydrogen (secondary N) is 1. The van der Waals surface area contributed by atoms with E-state index in [2.05, 4.69) is 29.6 Å². The van der Waals surface area contributed by atoms with Gasteiger partial charge in [0.1, 0.15) is 18.7 Å². The monoisotopic (exact) mass is 479 g/mol. The van der Waals surface area contributed by atoms with Crippen LogP contribution in [0.3, 0.4) is 0 Å². The maximum Gasteiger partial charge on any atom is 0.408 e. The molecule has 186 valence electrons. The predicted octanol–water partition coefficient (Wildman–Crippen LogP) is 3.31. The van der Waals surface area contributed by atoms with Crippen LogP contribution in [0.15, 0.2) is 48.5 Å². The Morgan fingerprint density at radius 3 is 2.09 bits per heavy atom. The Morgan fingerprint density at radius 2 is 1.54 bits per heavy atom. The number of fused-ring (bicyclic) bond motifs is 3. The molecule has 0 bridgehead atoms. The molecule has 0 heterocycles. The number of aliphatic carboxylic acids is 1. The Morgan fingerprint density at radius 1 is 0.971 bits per heavy atom. The van der Waals surface area contributed by atoms with Gasteiger partial charge in [-0.1, -0.05) is 61.4 Å². The highest BCUT2D eigenvalue weighted by Gasteiger charge is 2.45. The van der Waals surface area contributed by atoms with E-state index in [1.807, 2.05) is 43.3 Å². The number of benzene rings is 2. The molecule has 0 atom stereocenters. The minimum absolute atomic E-state index is 0.0769. The molecule has 1 fully saturated rings. The smallest absolute Gasteiger partial charge is 0.408 e. The zero-order chi connectivity index (χ0) is 25.0. The van der Waals surface area contributed by atoms with Crippen LogP contribution in [-0.2, 0) is 14.3 Å². The normalized spacial score (nSPS) is 16.0. The lowest BCUT2D eigenvalue weighted by atomic mass is 9.95.